The zero-order valence-electron chi connectivity index (χ0n) is 10.6. The van der Waals surface area contributed by atoms with Gasteiger partial charge in [-0.15, -0.1) is 0 Å². The van der Waals surface area contributed by atoms with Crippen molar-refractivity contribution in [2.45, 2.75) is 17.7 Å². The number of halogens is 2. The van der Waals surface area contributed by atoms with Crippen LogP contribution in [-0.4, -0.2) is 31.7 Å². The highest BCUT2D eigenvalue weighted by molar-refractivity contribution is 7.89. The lowest BCUT2D eigenvalue weighted by molar-refractivity contribution is -0.122. The molecule has 1 fully saturated rings. The number of sulfonamides is 1. The van der Waals surface area contributed by atoms with Crippen LogP contribution < -0.4 is 5.73 Å². The van der Waals surface area contributed by atoms with Crippen LogP contribution >= 0.6 is 11.6 Å². The van der Waals surface area contributed by atoms with E-state index in [1.54, 1.807) is 0 Å². The number of nitrogens with zero attached hydrogens (tertiary/aromatic N) is 1. The lowest BCUT2D eigenvalue weighted by Crippen LogP contribution is -2.41. The fraction of sp³-hybridized carbons (Fsp3) is 0.417. The molecule has 1 aliphatic heterocycles. The Bertz CT molecular complexity index is 628. The topological polar surface area (TPSA) is 80.5 Å². The molecule has 1 aromatic carbocycles. The second kappa shape index (κ2) is 5.67. The zero-order chi connectivity index (χ0) is 14.9. The van der Waals surface area contributed by atoms with Gasteiger partial charge >= 0.3 is 0 Å². The van der Waals surface area contributed by atoms with Gasteiger partial charge in [0.1, 0.15) is 10.7 Å². The number of rotatable bonds is 3. The molecule has 1 amide bonds. The van der Waals surface area contributed by atoms with Crippen LogP contribution in [0.4, 0.5) is 4.39 Å². The van der Waals surface area contributed by atoms with Crippen molar-refractivity contribution in [1.82, 2.24) is 4.31 Å². The van der Waals surface area contributed by atoms with E-state index in [4.69, 9.17) is 17.3 Å². The summed E-state index contributed by atoms with van der Waals surface area (Å²) >= 11 is 5.72. The van der Waals surface area contributed by atoms with E-state index in [1.807, 2.05) is 0 Å². The van der Waals surface area contributed by atoms with Crippen molar-refractivity contribution in [3.05, 3.63) is 29.0 Å². The smallest absolute Gasteiger partial charge is 0.246 e. The van der Waals surface area contributed by atoms with Crippen LogP contribution in [0.2, 0.25) is 5.02 Å². The molecule has 110 valence electrons. The highest BCUT2D eigenvalue weighted by atomic mass is 35.5. The summed E-state index contributed by atoms with van der Waals surface area (Å²) in [6.07, 6.45) is 0.688. The Morgan fingerprint density at radius 3 is 2.50 bits per heavy atom. The number of benzene rings is 1. The summed E-state index contributed by atoms with van der Waals surface area (Å²) in [4.78, 5) is 10.6. The fourth-order valence-corrected chi connectivity index (χ4v) is 3.99. The van der Waals surface area contributed by atoms with Gasteiger partial charge in [0, 0.05) is 24.0 Å². The van der Waals surface area contributed by atoms with Crippen molar-refractivity contribution in [2.24, 2.45) is 11.7 Å². The molecule has 1 aromatic rings. The van der Waals surface area contributed by atoms with Crippen LogP contribution in [0.1, 0.15) is 12.8 Å². The van der Waals surface area contributed by atoms with E-state index < -0.39 is 26.6 Å². The fourth-order valence-electron chi connectivity index (χ4n) is 2.19. The number of carbonyl (C=O) groups excluding carboxylic acids is 1. The van der Waals surface area contributed by atoms with Crippen LogP contribution in [0.25, 0.3) is 0 Å². The van der Waals surface area contributed by atoms with Crippen LogP contribution in [0.3, 0.4) is 0 Å². The van der Waals surface area contributed by atoms with Gasteiger partial charge in [-0.1, -0.05) is 11.6 Å². The molecule has 0 aromatic heterocycles. The minimum atomic E-state index is -3.94. The van der Waals surface area contributed by atoms with Crippen LogP contribution in [-0.2, 0) is 14.8 Å². The third-order valence-corrected chi connectivity index (χ3v) is 5.52. The van der Waals surface area contributed by atoms with Crippen molar-refractivity contribution in [2.75, 3.05) is 13.1 Å². The van der Waals surface area contributed by atoms with Gasteiger partial charge in [-0.3, -0.25) is 4.79 Å². The Labute approximate surface area is 121 Å². The SMILES string of the molecule is NC(=O)C1CCN(S(=O)(=O)c2cc(Cl)ccc2F)CC1. The van der Waals surface area contributed by atoms with E-state index in [0.717, 1.165) is 16.4 Å². The van der Waals surface area contributed by atoms with Crippen LogP contribution in [0.5, 0.6) is 0 Å². The Morgan fingerprint density at radius 2 is 1.95 bits per heavy atom. The molecule has 0 atom stereocenters. The third kappa shape index (κ3) is 2.94. The molecule has 0 unspecified atom stereocenters. The maximum atomic E-state index is 13.7. The molecular formula is C12H14ClFN2O3S. The van der Waals surface area contributed by atoms with Crippen molar-refractivity contribution < 1.29 is 17.6 Å². The van der Waals surface area contributed by atoms with Gasteiger partial charge in [-0.05, 0) is 31.0 Å². The Morgan fingerprint density at radius 1 is 1.35 bits per heavy atom. The number of hydrogen-bond donors (Lipinski definition) is 1. The second-order valence-electron chi connectivity index (χ2n) is 4.66. The van der Waals surface area contributed by atoms with E-state index in [2.05, 4.69) is 0 Å². The van der Waals surface area contributed by atoms with Crippen molar-refractivity contribution in [1.29, 1.82) is 0 Å². The molecule has 1 heterocycles. The molecule has 2 N–H and O–H groups in total. The molecule has 1 aliphatic rings. The average molecular weight is 321 g/mol. The van der Waals surface area contributed by atoms with E-state index >= 15 is 0 Å². The first kappa shape index (κ1) is 15.2. The molecule has 0 spiro atoms. The van der Waals surface area contributed by atoms with Gasteiger partial charge in [0.15, 0.2) is 0 Å². The average Bonchev–Trinajstić information content (AvgIpc) is 2.41. The van der Waals surface area contributed by atoms with E-state index in [0.29, 0.717) is 12.8 Å². The number of amides is 1. The zero-order valence-corrected chi connectivity index (χ0v) is 12.1. The number of nitrogens with two attached hydrogens (primary N) is 1. The summed E-state index contributed by atoms with van der Waals surface area (Å²) in [5, 5.41) is 0.150. The lowest BCUT2D eigenvalue weighted by Gasteiger charge is -2.29. The number of piperidine rings is 1. The van der Waals surface area contributed by atoms with Crippen LogP contribution in [0, 0.1) is 11.7 Å². The maximum Gasteiger partial charge on any atom is 0.246 e. The van der Waals surface area contributed by atoms with E-state index in [-0.39, 0.29) is 24.0 Å². The van der Waals surface area contributed by atoms with Gasteiger partial charge in [0.2, 0.25) is 15.9 Å². The maximum absolute atomic E-state index is 13.7. The summed E-state index contributed by atoms with van der Waals surface area (Å²) in [5.41, 5.74) is 5.19. The molecule has 8 heteroatoms. The molecule has 1 saturated heterocycles. The summed E-state index contributed by atoms with van der Waals surface area (Å²) in [6, 6.07) is 3.40. The molecular weight excluding hydrogens is 307 g/mol. The molecule has 0 saturated carbocycles. The number of hydrogen-bond acceptors (Lipinski definition) is 3. The lowest BCUT2D eigenvalue weighted by atomic mass is 9.98. The highest BCUT2D eigenvalue weighted by Crippen LogP contribution is 2.27. The van der Waals surface area contributed by atoms with Crippen molar-refractivity contribution in [3.63, 3.8) is 0 Å². The summed E-state index contributed by atoms with van der Waals surface area (Å²) in [7, 11) is -3.94. The first-order valence-corrected chi connectivity index (χ1v) is 7.88. The Kier molecular flexibility index (Phi) is 4.31. The van der Waals surface area contributed by atoms with Crippen molar-refractivity contribution in [3.8, 4) is 0 Å². The molecule has 2 rings (SSSR count). The first-order chi connectivity index (χ1) is 9.32. The normalized spacial score (nSPS) is 18.1. The summed E-state index contributed by atoms with van der Waals surface area (Å²) in [6.45, 7) is 0.282. The van der Waals surface area contributed by atoms with E-state index in [1.165, 1.54) is 6.07 Å². The van der Waals surface area contributed by atoms with Crippen molar-refractivity contribution >= 4 is 27.5 Å². The predicted octanol–water partition coefficient (Wildman–Crippen LogP) is 1.37. The second-order valence-corrected chi connectivity index (χ2v) is 7.00. The quantitative estimate of drug-likeness (QED) is 0.913. The molecule has 20 heavy (non-hydrogen) atoms. The minimum Gasteiger partial charge on any atom is -0.369 e. The van der Waals surface area contributed by atoms with E-state index in [9.17, 15) is 17.6 Å². The molecule has 0 aliphatic carbocycles. The van der Waals surface area contributed by atoms with Gasteiger partial charge < -0.3 is 5.73 Å². The monoisotopic (exact) mass is 320 g/mol. The first-order valence-electron chi connectivity index (χ1n) is 6.07. The standard InChI is InChI=1S/C12H14ClFN2O3S/c13-9-1-2-10(14)11(7-9)20(18,19)16-5-3-8(4-6-16)12(15)17/h1-2,7-8H,3-6H2,(H2,15,17). The Hall–Kier alpha value is -1.18. The van der Waals surface area contributed by atoms with Gasteiger partial charge in [0.25, 0.3) is 0 Å². The summed E-state index contributed by atoms with van der Waals surface area (Å²) in [5.74, 6) is -1.60. The Balaban J connectivity index is 2.24. The minimum absolute atomic E-state index is 0.141. The molecule has 0 bridgehead atoms. The largest absolute Gasteiger partial charge is 0.369 e. The predicted molar refractivity (Wildman–Crippen MR) is 72.1 cm³/mol. The molecule has 5 nitrogen and oxygen atoms in total. The number of primary amides is 1. The highest BCUT2D eigenvalue weighted by Gasteiger charge is 2.32. The van der Waals surface area contributed by atoms with Gasteiger partial charge in [-0.2, -0.15) is 4.31 Å². The summed E-state index contributed by atoms with van der Waals surface area (Å²) < 4.78 is 39.5. The van der Waals surface area contributed by atoms with Crippen LogP contribution in [0.15, 0.2) is 23.1 Å². The molecule has 0 radical (unpaired) electrons. The third-order valence-electron chi connectivity index (χ3n) is 3.37. The number of carbonyl (C=O) groups is 1. The van der Waals surface area contributed by atoms with Gasteiger partial charge in [-0.25, -0.2) is 12.8 Å². The van der Waals surface area contributed by atoms with Gasteiger partial charge in [0.05, 0.1) is 0 Å².